The molecule has 0 fully saturated rings. The topological polar surface area (TPSA) is 35.5 Å². The highest BCUT2D eigenvalue weighted by Gasteiger charge is 2.20. The lowest BCUT2D eigenvalue weighted by Gasteiger charge is -2.30. The molecule has 1 rings (SSSR count). The van der Waals surface area contributed by atoms with Gasteiger partial charge in [0.2, 0.25) is 0 Å². The third kappa shape index (κ3) is 5.10. The van der Waals surface area contributed by atoms with Gasteiger partial charge in [-0.1, -0.05) is 6.92 Å². The van der Waals surface area contributed by atoms with Gasteiger partial charge < -0.3 is 15.3 Å². The Hall–Kier alpha value is -1.13. The van der Waals surface area contributed by atoms with E-state index >= 15 is 0 Å². The van der Waals surface area contributed by atoms with Crippen LogP contribution in [0, 0.1) is 5.82 Å². The van der Waals surface area contributed by atoms with Crippen LogP contribution in [0.5, 0.6) is 0 Å². The third-order valence-electron chi connectivity index (χ3n) is 3.19. The highest BCUT2D eigenvalue weighted by Crippen LogP contribution is 2.27. The van der Waals surface area contributed by atoms with Crippen molar-refractivity contribution in [2.45, 2.75) is 45.8 Å². The predicted octanol–water partition coefficient (Wildman–Crippen LogP) is 3.09. The van der Waals surface area contributed by atoms with Crippen molar-refractivity contribution in [1.82, 2.24) is 5.32 Å². The molecule has 0 saturated heterocycles. The van der Waals surface area contributed by atoms with Gasteiger partial charge in [-0.25, -0.2) is 4.39 Å². The number of rotatable bonds is 7. The van der Waals surface area contributed by atoms with Gasteiger partial charge in [0.15, 0.2) is 0 Å². The fraction of sp³-hybridized carbons (Fsp3) is 0.625. The first-order valence-electron chi connectivity index (χ1n) is 7.21. The zero-order chi connectivity index (χ0) is 15.3. The summed E-state index contributed by atoms with van der Waals surface area (Å²) in [4.78, 5) is 1.97. The molecule has 0 amide bonds. The summed E-state index contributed by atoms with van der Waals surface area (Å²) in [5, 5.41) is 13.3. The first kappa shape index (κ1) is 16.9. The molecule has 1 unspecified atom stereocenters. The first-order valence-corrected chi connectivity index (χ1v) is 7.21. The van der Waals surface area contributed by atoms with E-state index < -0.39 is 5.60 Å². The standard InChI is InChI=1S/C16H27FN2O/c1-6-9-18-12(2)14-10-13(17)7-8-15(14)19(5)11-16(3,4)20/h7-8,10,12,18,20H,6,9,11H2,1-5H3. The van der Waals surface area contributed by atoms with Crippen LogP contribution in [0.15, 0.2) is 18.2 Å². The molecule has 0 aromatic heterocycles. The molecule has 0 spiro atoms. The monoisotopic (exact) mass is 282 g/mol. The van der Waals surface area contributed by atoms with Crippen LogP contribution in [0.2, 0.25) is 0 Å². The van der Waals surface area contributed by atoms with Crippen LogP contribution in [0.25, 0.3) is 0 Å². The zero-order valence-electron chi connectivity index (χ0n) is 13.2. The van der Waals surface area contributed by atoms with Gasteiger partial charge in [-0.3, -0.25) is 0 Å². The lowest BCUT2D eigenvalue weighted by Crippen LogP contribution is -2.37. The summed E-state index contributed by atoms with van der Waals surface area (Å²) >= 11 is 0. The second kappa shape index (κ2) is 7.04. The lowest BCUT2D eigenvalue weighted by atomic mass is 10.0. The van der Waals surface area contributed by atoms with Crippen molar-refractivity contribution in [1.29, 1.82) is 0 Å². The quantitative estimate of drug-likeness (QED) is 0.806. The van der Waals surface area contributed by atoms with E-state index in [1.165, 1.54) is 6.07 Å². The van der Waals surface area contributed by atoms with Crippen LogP contribution in [0.4, 0.5) is 10.1 Å². The van der Waals surface area contributed by atoms with E-state index in [9.17, 15) is 9.50 Å². The molecule has 4 heteroatoms. The number of hydrogen-bond donors (Lipinski definition) is 2. The maximum Gasteiger partial charge on any atom is 0.123 e. The Bertz CT molecular complexity index is 429. The first-order chi connectivity index (χ1) is 9.24. The van der Waals surface area contributed by atoms with Gasteiger partial charge in [-0.2, -0.15) is 0 Å². The SMILES string of the molecule is CCCNC(C)c1cc(F)ccc1N(C)CC(C)(C)O. The van der Waals surface area contributed by atoms with E-state index in [0.717, 1.165) is 24.2 Å². The fourth-order valence-corrected chi connectivity index (χ4v) is 2.36. The Morgan fingerprint density at radius 1 is 1.40 bits per heavy atom. The Labute approximate surface area is 121 Å². The van der Waals surface area contributed by atoms with Crippen molar-refractivity contribution in [3.63, 3.8) is 0 Å². The minimum absolute atomic E-state index is 0.0740. The van der Waals surface area contributed by atoms with E-state index in [4.69, 9.17) is 0 Å². The molecule has 0 saturated carbocycles. The maximum atomic E-state index is 13.5. The average molecular weight is 282 g/mol. The van der Waals surface area contributed by atoms with Crippen molar-refractivity contribution in [2.24, 2.45) is 0 Å². The van der Waals surface area contributed by atoms with Crippen LogP contribution in [-0.4, -0.2) is 30.8 Å². The van der Waals surface area contributed by atoms with E-state index in [1.807, 2.05) is 18.9 Å². The molecule has 0 radical (unpaired) electrons. The van der Waals surface area contributed by atoms with Gasteiger partial charge in [-0.05, 0) is 57.5 Å². The summed E-state index contributed by atoms with van der Waals surface area (Å²) in [6.07, 6.45) is 1.04. The number of likely N-dealkylation sites (N-methyl/N-ethyl adjacent to an activating group) is 1. The number of nitrogens with zero attached hydrogens (tertiary/aromatic N) is 1. The van der Waals surface area contributed by atoms with Gasteiger partial charge >= 0.3 is 0 Å². The Morgan fingerprint density at radius 2 is 2.05 bits per heavy atom. The number of halogens is 1. The summed E-state index contributed by atoms with van der Waals surface area (Å²) in [5.41, 5.74) is 1.08. The second-order valence-corrected chi connectivity index (χ2v) is 6.05. The van der Waals surface area contributed by atoms with E-state index in [2.05, 4.69) is 12.2 Å². The summed E-state index contributed by atoms with van der Waals surface area (Å²) < 4.78 is 13.5. The Kier molecular flexibility index (Phi) is 5.96. The summed E-state index contributed by atoms with van der Waals surface area (Å²) in [5.74, 6) is -0.231. The van der Waals surface area contributed by atoms with Gasteiger partial charge in [-0.15, -0.1) is 0 Å². The van der Waals surface area contributed by atoms with Gasteiger partial charge in [0.05, 0.1) is 5.60 Å². The van der Waals surface area contributed by atoms with Crippen LogP contribution < -0.4 is 10.2 Å². The molecular weight excluding hydrogens is 255 g/mol. The van der Waals surface area contributed by atoms with E-state index in [1.54, 1.807) is 26.0 Å². The van der Waals surface area contributed by atoms with E-state index in [0.29, 0.717) is 6.54 Å². The molecule has 20 heavy (non-hydrogen) atoms. The van der Waals surface area contributed by atoms with Gasteiger partial charge in [0.1, 0.15) is 5.82 Å². The van der Waals surface area contributed by atoms with Crippen molar-refractivity contribution in [2.75, 3.05) is 25.0 Å². The molecule has 1 aromatic carbocycles. The van der Waals surface area contributed by atoms with Gasteiger partial charge in [0, 0.05) is 25.3 Å². The van der Waals surface area contributed by atoms with E-state index in [-0.39, 0.29) is 11.9 Å². The molecule has 0 bridgehead atoms. The molecule has 1 atom stereocenters. The van der Waals surface area contributed by atoms with Crippen LogP contribution in [-0.2, 0) is 0 Å². The molecule has 0 aliphatic rings. The average Bonchev–Trinajstić information content (AvgIpc) is 2.33. The molecule has 1 aromatic rings. The minimum Gasteiger partial charge on any atom is -0.389 e. The minimum atomic E-state index is -0.791. The van der Waals surface area contributed by atoms with Crippen LogP contribution in [0.1, 0.15) is 45.7 Å². The summed E-state index contributed by atoms with van der Waals surface area (Å²) in [7, 11) is 1.92. The number of benzene rings is 1. The second-order valence-electron chi connectivity index (χ2n) is 6.05. The van der Waals surface area contributed by atoms with Crippen LogP contribution >= 0.6 is 0 Å². The largest absolute Gasteiger partial charge is 0.389 e. The van der Waals surface area contributed by atoms with Crippen molar-refractivity contribution in [3.8, 4) is 0 Å². The summed E-state index contributed by atoms with van der Waals surface area (Å²) in [6, 6.07) is 4.89. The zero-order valence-corrected chi connectivity index (χ0v) is 13.2. The number of nitrogens with one attached hydrogen (secondary N) is 1. The lowest BCUT2D eigenvalue weighted by molar-refractivity contribution is 0.0886. The van der Waals surface area contributed by atoms with Crippen molar-refractivity contribution in [3.05, 3.63) is 29.6 Å². The molecule has 0 heterocycles. The molecular formula is C16H27FN2O. The molecule has 3 nitrogen and oxygen atoms in total. The normalized spacial score (nSPS) is 13.3. The summed E-state index contributed by atoms with van der Waals surface area (Å²) in [6.45, 7) is 9.06. The third-order valence-corrected chi connectivity index (χ3v) is 3.19. The fourth-order valence-electron chi connectivity index (χ4n) is 2.36. The Balaban J connectivity index is 3.00. The molecule has 0 aliphatic carbocycles. The maximum absolute atomic E-state index is 13.5. The molecule has 0 aliphatic heterocycles. The smallest absolute Gasteiger partial charge is 0.123 e. The number of aliphatic hydroxyl groups is 1. The van der Waals surface area contributed by atoms with Crippen LogP contribution in [0.3, 0.4) is 0 Å². The highest BCUT2D eigenvalue weighted by molar-refractivity contribution is 5.55. The molecule has 114 valence electrons. The Morgan fingerprint density at radius 3 is 2.60 bits per heavy atom. The number of anilines is 1. The molecule has 2 N–H and O–H groups in total. The highest BCUT2D eigenvalue weighted by atomic mass is 19.1. The van der Waals surface area contributed by atoms with Gasteiger partial charge in [0.25, 0.3) is 0 Å². The number of hydrogen-bond acceptors (Lipinski definition) is 3. The van der Waals surface area contributed by atoms with Crippen molar-refractivity contribution < 1.29 is 9.50 Å². The predicted molar refractivity (Wildman–Crippen MR) is 82.7 cm³/mol. The van der Waals surface area contributed by atoms with Crippen molar-refractivity contribution >= 4 is 5.69 Å².